The maximum Gasteiger partial charge on any atom is 0.363 e. The maximum absolute atomic E-state index is 12.2. The molecule has 5 nitrogen and oxygen atoms in total. The molecule has 0 aliphatic carbocycles. The first-order valence-corrected chi connectivity index (χ1v) is 8.67. The Kier molecular flexibility index (Phi) is 5.84. The van der Waals surface area contributed by atoms with Crippen LogP contribution in [0.15, 0.2) is 59.7 Å². The smallest absolute Gasteiger partial charge is 0.363 e. The Morgan fingerprint density at radius 2 is 2.00 bits per heavy atom. The van der Waals surface area contributed by atoms with Crippen molar-refractivity contribution in [3.05, 3.63) is 75.9 Å². The van der Waals surface area contributed by atoms with Gasteiger partial charge in [0.2, 0.25) is 5.90 Å². The van der Waals surface area contributed by atoms with E-state index >= 15 is 0 Å². The van der Waals surface area contributed by atoms with E-state index in [1.54, 1.807) is 48.6 Å². The molecular weight excluding hydrogens is 389 g/mol. The lowest BCUT2D eigenvalue weighted by atomic mass is 10.1. The second-order valence-corrected chi connectivity index (χ2v) is 6.26. The molecule has 0 atom stereocenters. The topological polar surface area (TPSA) is 57.1 Å². The number of ether oxygens (including phenoxy) is 3. The number of esters is 1. The van der Waals surface area contributed by atoms with Crippen molar-refractivity contribution in [2.75, 3.05) is 13.7 Å². The largest absolute Gasteiger partial charge is 0.493 e. The predicted molar refractivity (Wildman–Crippen MR) is 106 cm³/mol. The van der Waals surface area contributed by atoms with Crippen molar-refractivity contribution < 1.29 is 19.0 Å². The lowest BCUT2D eigenvalue weighted by Crippen LogP contribution is -2.05. The number of benzene rings is 2. The highest BCUT2D eigenvalue weighted by Crippen LogP contribution is 2.37. The third-order valence-corrected chi connectivity index (χ3v) is 4.24. The Labute approximate surface area is 166 Å². The Hall–Kier alpha value is -2.76. The third kappa shape index (κ3) is 4.15. The summed E-state index contributed by atoms with van der Waals surface area (Å²) in [6.07, 6.45) is 3.16. The number of carbonyl (C=O) groups excluding carboxylic acids is 1. The van der Waals surface area contributed by atoms with Crippen LogP contribution in [0.2, 0.25) is 10.0 Å². The summed E-state index contributed by atoms with van der Waals surface area (Å²) in [6.45, 7) is 3.89. The average Bonchev–Trinajstić information content (AvgIpc) is 3.01. The van der Waals surface area contributed by atoms with E-state index in [9.17, 15) is 4.79 Å². The highest BCUT2D eigenvalue weighted by atomic mass is 35.5. The Bertz CT molecular complexity index is 966. The van der Waals surface area contributed by atoms with E-state index in [2.05, 4.69) is 11.6 Å². The van der Waals surface area contributed by atoms with Crippen LogP contribution in [0.4, 0.5) is 0 Å². The van der Waals surface area contributed by atoms with E-state index in [0.29, 0.717) is 32.7 Å². The molecule has 0 aromatic heterocycles. The highest BCUT2D eigenvalue weighted by molar-refractivity contribution is 6.34. The zero-order valence-electron chi connectivity index (χ0n) is 14.4. The lowest BCUT2D eigenvalue weighted by molar-refractivity contribution is -0.129. The number of hydrogen-bond acceptors (Lipinski definition) is 5. The minimum absolute atomic E-state index is 0.128. The minimum atomic E-state index is -0.577. The summed E-state index contributed by atoms with van der Waals surface area (Å²) in [5.74, 6) is 0.404. The van der Waals surface area contributed by atoms with Gasteiger partial charge in [0.1, 0.15) is 6.61 Å². The zero-order valence-corrected chi connectivity index (χ0v) is 15.9. The molecule has 1 heterocycles. The van der Waals surface area contributed by atoms with Crippen molar-refractivity contribution in [1.82, 2.24) is 0 Å². The van der Waals surface area contributed by atoms with Gasteiger partial charge in [-0.2, -0.15) is 0 Å². The van der Waals surface area contributed by atoms with Crippen molar-refractivity contribution in [3.8, 4) is 11.5 Å². The normalized spacial score (nSPS) is 14.7. The molecular formula is C20H15Cl2NO4. The molecule has 1 aliphatic heterocycles. The summed E-state index contributed by atoms with van der Waals surface area (Å²) in [6, 6.07) is 10.3. The molecule has 0 saturated heterocycles. The Balaban J connectivity index is 1.96. The van der Waals surface area contributed by atoms with Gasteiger partial charge in [-0.1, -0.05) is 48.0 Å². The Morgan fingerprint density at radius 1 is 1.22 bits per heavy atom. The van der Waals surface area contributed by atoms with Crippen molar-refractivity contribution >= 4 is 41.1 Å². The number of methoxy groups -OCH3 is 1. The molecule has 0 fully saturated rings. The van der Waals surface area contributed by atoms with E-state index < -0.39 is 5.97 Å². The third-order valence-electron chi connectivity index (χ3n) is 3.63. The van der Waals surface area contributed by atoms with Crippen LogP contribution in [0.3, 0.4) is 0 Å². The van der Waals surface area contributed by atoms with Gasteiger partial charge in [-0.3, -0.25) is 0 Å². The second-order valence-electron chi connectivity index (χ2n) is 5.45. The molecule has 138 valence electrons. The van der Waals surface area contributed by atoms with Crippen molar-refractivity contribution in [2.45, 2.75) is 0 Å². The highest BCUT2D eigenvalue weighted by Gasteiger charge is 2.25. The van der Waals surface area contributed by atoms with Crippen LogP contribution in [0.1, 0.15) is 11.1 Å². The number of nitrogens with zero attached hydrogens (tertiary/aromatic N) is 1. The van der Waals surface area contributed by atoms with Gasteiger partial charge >= 0.3 is 5.97 Å². The van der Waals surface area contributed by atoms with Crippen LogP contribution in [0, 0.1) is 0 Å². The van der Waals surface area contributed by atoms with Crippen molar-refractivity contribution in [1.29, 1.82) is 0 Å². The van der Waals surface area contributed by atoms with E-state index in [1.165, 1.54) is 7.11 Å². The van der Waals surface area contributed by atoms with Gasteiger partial charge in [-0.05, 0) is 35.9 Å². The van der Waals surface area contributed by atoms with Gasteiger partial charge in [0.15, 0.2) is 17.2 Å². The van der Waals surface area contributed by atoms with Gasteiger partial charge in [0.05, 0.1) is 22.7 Å². The maximum atomic E-state index is 12.2. The summed E-state index contributed by atoms with van der Waals surface area (Å²) in [4.78, 5) is 16.4. The predicted octanol–water partition coefficient (Wildman–Crippen LogP) is 4.91. The Morgan fingerprint density at radius 3 is 2.70 bits per heavy atom. The van der Waals surface area contributed by atoms with Gasteiger partial charge in [-0.25, -0.2) is 9.79 Å². The fourth-order valence-corrected chi connectivity index (χ4v) is 2.91. The monoisotopic (exact) mass is 403 g/mol. The fraction of sp³-hybridized carbons (Fsp3) is 0.100. The summed E-state index contributed by atoms with van der Waals surface area (Å²) in [5, 5.41) is 0.781. The standard InChI is InChI=1S/C20H15Cl2NO4/c1-3-8-26-18-15(22)9-12(11-17(18)25-2)10-16-20(24)27-19(23-16)13-6-4-5-7-14(13)21/h3-7,9-11H,1,8H2,2H3/b16-10-. The number of aliphatic imine (C=N–C) groups is 1. The first kappa shape index (κ1) is 19.0. The summed E-state index contributed by atoms with van der Waals surface area (Å²) >= 11 is 12.4. The minimum Gasteiger partial charge on any atom is -0.493 e. The molecule has 0 amide bonds. The number of carbonyl (C=O) groups is 1. The summed E-state index contributed by atoms with van der Waals surface area (Å²) in [7, 11) is 1.50. The molecule has 7 heteroatoms. The average molecular weight is 404 g/mol. The van der Waals surface area contributed by atoms with Crippen LogP contribution < -0.4 is 9.47 Å². The molecule has 0 spiro atoms. The van der Waals surface area contributed by atoms with E-state index in [0.717, 1.165) is 0 Å². The molecule has 0 bridgehead atoms. The molecule has 0 radical (unpaired) electrons. The van der Waals surface area contributed by atoms with E-state index in [4.69, 9.17) is 37.4 Å². The first-order chi connectivity index (χ1) is 13.0. The molecule has 2 aromatic rings. The number of halogens is 2. The zero-order chi connectivity index (χ0) is 19.4. The van der Waals surface area contributed by atoms with Crippen LogP contribution >= 0.6 is 23.2 Å². The van der Waals surface area contributed by atoms with Gasteiger partial charge in [-0.15, -0.1) is 0 Å². The van der Waals surface area contributed by atoms with E-state index in [1.807, 2.05) is 0 Å². The molecule has 0 saturated carbocycles. The van der Waals surface area contributed by atoms with Crippen LogP contribution in [-0.4, -0.2) is 25.6 Å². The number of cyclic esters (lactones) is 1. The summed E-state index contributed by atoms with van der Waals surface area (Å²) in [5.41, 5.74) is 1.28. The number of hydrogen-bond donors (Lipinski definition) is 0. The summed E-state index contributed by atoms with van der Waals surface area (Å²) < 4.78 is 16.1. The van der Waals surface area contributed by atoms with Gasteiger partial charge < -0.3 is 14.2 Å². The first-order valence-electron chi connectivity index (χ1n) is 7.92. The van der Waals surface area contributed by atoms with Crippen molar-refractivity contribution in [3.63, 3.8) is 0 Å². The van der Waals surface area contributed by atoms with Crippen LogP contribution in [0.5, 0.6) is 11.5 Å². The quantitative estimate of drug-likeness (QED) is 0.390. The molecule has 0 N–H and O–H groups in total. The second kappa shape index (κ2) is 8.29. The SMILES string of the molecule is C=CCOc1c(Cl)cc(/C=C2\N=C(c3ccccc3Cl)OC2=O)cc1OC. The molecule has 2 aromatic carbocycles. The number of rotatable bonds is 6. The molecule has 0 unspecified atom stereocenters. The van der Waals surface area contributed by atoms with Gasteiger partial charge in [0.25, 0.3) is 0 Å². The molecule has 1 aliphatic rings. The molecule has 27 heavy (non-hydrogen) atoms. The molecule has 3 rings (SSSR count). The van der Waals surface area contributed by atoms with Crippen molar-refractivity contribution in [2.24, 2.45) is 4.99 Å². The van der Waals surface area contributed by atoms with Crippen LogP contribution in [-0.2, 0) is 9.53 Å². The fourth-order valence-electron chi connectivity index (χ4n) is 2.42. The van der Waals surface area contributed by atoms with Crippen LogP contribution in [0.25, 0.3) is 6.08 Å². The van der Waals surface area contributed by atoms with E-state index in [-0.39, 0.29) is 18.2 Å². The lowest BCUT2D eigenvalue weighted by Gasteiger charge is -2.12. The van der Waals surface area contributed by atoms with Gasteiger partial charge in [0, 0.05) is 0 Å².